The number of nitrogens with zero attached hydrogens (tertiary/aromatic N) is 3. The van der Waals surface area contributed by atoms with E-state index in [4.69, 9.17) is 0 Å². The molecule has 2 heterocycles. The number of aromatic nitrogens is 2. The van der Waals surface area contributed by atoms with E-state index in [1.54, 1.807) is 13.0 Å². The predicted molar refractivity (Wildman–Crippen MR) is 113 cm³/mol. The summed E-state index contributed by atoms with van der Waals surface area (Å²) in [6.07, 6.45) is 2.65. The summed E-state index contributed by atoms with van der Waals surface area (Å²) in [6.45, 7) is 6.44. The molecule has 2 aliphatic rings. The van der Waals surface area contributed by atoms with Gasteiger partial charge in [-0.25, -0.2) is 9.49 Å². The van der Waals surface area contributed by atoms with Gasteiger partial charge >= 0.3 is 0 Å². The second-order valence-electron chi connectivity index (χ2n) is 8.63. The molecule has 31 heavy (non-hydrogen) atoms. The van der Waals surface area contributed by atoms with Gasteiger partial charge in [0, 0.05) is 31.1 Å². The van der Waals surface area contributed by atoms with Crippen LogP contribution in [0.25, 0.3) is 0 Å². The van der Waals surface area contributed by atoms with E-state index in [9.17, 15) is 18.8 Å². The number of hydrogen-bond donors (Lipinski definition) is 1. The van der Waals surface area contributed by atoms with Crippen LogP contribution in [-0.2, 0) is 11.2 Å². The van der Waals surface area contributed by atoms with Crippen LogP contribution in [0.2, 0.25) is 0 Å². The Morgan fingerprint density at radius 2 is 1.97 bits per heavy atom. The number of aromatic amines is 1. The SMILES string of the molecule is Cc1c(Cc2ccc(F)c(C(=O)N3CCN(C(C)C4CC4)C(=O)C3)c2)n[nH]c(=O)c1C. The topological polar surface area (TPSA) is 86.4 Å². The van der Waals surface area contributed by atoms with Crippen LogP contribution in [-0.4, -0.2) is 57.5 Å². The maximum atomic E-state index is 14.5. The monoisotopic (exact) mass is 426 g/mol. The minimum Gasteiger partial charge on any atom is -0.336 e. The maximum Gasteiger partial charge on any atom is 0.267 e. The Labute approximate surface area is 180 Å². The van der Waals surface area contributed by atoms with Gasteiger partial charge in [0.05, 0.1) is 11.3 Å². The van der Waals surface area contributed by atoms with Crippen molar-refractivity contribution in [3.05, 3.63) is 62.3 Å². The van der Waals surface area contributed by atoms with E-state index < -0.39 is 11.7 Å². The van der Waals surface area contributed by atoms with Crippen molar-refractivity contribution in [2.75, 3.05) is 19.6 Å². The van der Waals surface area contributed by atoms with E-state index >= 15 is 0 Å². The molecular weight excluding hydrogens is 399 g/mol. The zero-order valence-corrected chi connectivity index (χ0v) is 18.1. The van der Waals surface area contributed by atoms with Gasteiger partial charge in [-0.15, -0.1) is 0 Å². The minimum atomic E-state index is -0.614. The molecular formula is C23H27FN4O3. The number of hydrogen-bond acceptors (Lipinski definition) is 4. The third-order valence-corrected chi connectivity index (χ3v) is 6.60. The molecule has 0 spiro atoms. The minimum absolute atomic E-state index is 0.0284. The summed E-state index contributed by atoms with van der Waals surface area (Å²) in [5.41, 5.74) is 2.44. The summed E-state index contributed by atoms with van der Waals surface area (Å²) in [5.74, 6) is -0.612. The zero-order chi connectivity index (χ0) is 22.3. The standard InChI is InChI=1S/C23H27FN4O3/c1-13-14(2)22(30)26-25-20(13)11-16-4-7-19(24)18(10-16)23(31)27-8-9-28(21(29)12-27)15(3)17-5-6-17/h4,7,10,15,17H,5-6,8-9,11-12H2,1-3H3,(H,26,30). The summed E-state index contributed by atoms with van der Waals surface area (Å²) in [7, 11) is 0. The smallest absolute Gasteiger partial charge is 0.267 e. The summed E-state index contributed by atoms with van der Waals surface area (Å²) >= 11 is 0. The van der Waals surface area contributed by atoms with E-state index in [2.05, 4.69) is 17.1 Å². The first kappa shape index (κ1) is 21.2. The normalized spacial score (nSPS) is 17.7. The molecule has 7 nitrogen and oxygen atoms in total. The third kappa shape index (κ3) is 4.24. The van der Waals surface area contributed by atoms with Gasteiger partial charge in [-0.1, -0.05) is 6.07 Å². The Bertz CT molecular complexity index is 1090. The van der Waals surface area contributed by atoms with Crippen molar-refractivity contribution in [2.24, 2.45) is 5.92 Å². The van der Waals surface area contributed by atoms with Gasteiger partial charge in [0.15, 0.2) is 0 Å². The van der Waals surface area contributed by atoms with Crippen molar-refractivity contribution in [1.29, 1.82) is 0 Å². The van der Waals surface area contributed by atoms with E-state index in [0.29, 0.717) is 42.2 Å². The average Bonchev–Trinajstić information content (AvgIpc) is 3.60. The van der Waals surface area contributed by atoms with E-state index in [1.165, 1.54) is 17.0 Å². The fraction of sp³-hybridized carbons (Fsp3) is 0.478. The lowest BCUT2D eigenvalue weighted by Crippen LogP contribution is -2.55. The highest BCUT2D eigenvalue weighted by atomic mass is 19.1. The average molecular weight is 426 g/mol. The predicted octanol–water partition coefficient (Wildman–Crippen LogP) is 2.20. The van der Waals surface area contributed by atoms with Gasteiger partial charge in [0.2, 0.25) is 5.91 Å². The fourth-order valence-corrected chi connectivity index (χ4v) is 4.18. The Morgan fingerprint density at radius 3 is 2.65 bits per heavy atom. The van der Waals surface area contributed by atoms with Crippen LogP contribution in [0.4, 0.5) is 4.39 Å². The molecule has 1 saturated heterocycles. The Hall–Kier alpha value is -3.03. The van der Waals surface area contributed by atoms with Gasteiger partial charge in [-0.2, -0.15) is 5.10 Å². The molecule has 1 N–H and O–H groups in total. The summed E-state index contributed by atoms with van der Waals surface area (Å²) < 4.78 is 14.5. The molecule has 1 aliphatic heterocycles. The largest absolute Gasteiger partial charge is 0.336 e. The van der Waals surface area contributed by atoms with Crippen LogP contribution >= 0.6 is 0 Å². The van der Waals surface area contributed by atoms with Gasteiger partial charge < -0.3 is 9.80 Å². The summed E-state index contributed by atoms with van der Waals surface area (Å²) in [5, 5.41) is 6.56. The number of rotatable bonds is 5. The number of H-pyrrole nitrogens is 1. The van der Waals surface area contributed by atoms with Crippen LogP contribution < -0.4 is 5.56 Å². The van der Waals surface area contributed by atoms with E-state index in [-0.39, 0.29) is 29.6 Å². The second kappa shape index (κ2) is 8.24. The first-order chi connectivity index (χ1) is 14.8. The molecule has 0 radical (unpaired) electrons. The lowest BCUT2D eigenvalue weighted by atomic mass is 10.0. The molecule has 1 atom stereocenters. The molecule has 1 saturated carbocycles. The number of halogens is 1. The fourth-order valence-electron chi connectivity index (χ4n) is 4.18. The van der Waals surface area contributed by atoms with Crippen LogP contribution in [0.15, 0.2) is 23.0 Å². The van der Waals surface area contributed by atoms with Gasteiger partial charge in [0.1, 0.15) is 12.4 Å². The first-order valence-electron chi connectivity index (χ1n) is 10.7. The number of nitrogens with one attached hydrogen (secondary N) is 1. The van der Waals surface area contributed by atoms with E-state index in [1.807, 2.05) is 11.8 Å². The van der Waals surface area contributed by atoms with Gasteiger partial charge in [-0.05, 0) is 62.8 Å². The summed E-state index contributed by atoms with van der Waals surface area (Å²) in [4.78, 5) is 40.6. The highest BCUT2D eigenvalue weighted by Crippen LogP contribution is 2.35. The van der Waals surface area contributed by atoms with Crippen molar-refractivity contribution in [1.82, 2.24) is 20.0 Å². The Morgan fingerprint density at radius 1 is 1.23 bits per heavy atom. The molecule has 1 aromatic heterocycles. The first-order valence-corrected chi connectivity index (χ1v) is 10.7. The lowest BCUT2D eigenvalue weighted by molar-refractivity contribution is -0.137. The Kier molecular flexibility index (Phi) is 5.64. The molecule has 164 valence electrons. The quantitative estimate of drug-likeness (QED) is 0.794. The van der Waals surface area contributed by atoms with Crippen LogP contribution in [0, 0.1) is 25.6 Å². The number of amides is 2. The molecule has 8 heteroatoms. The van der Waals surface area contributed by atoms with Crippen LogP contribution in [0.3, 0.4) is 0 Å². The second-order valence-corrected chi connectivity index (χ2v) is 8.63. The summed E-state index contributed by atoms with van der Waals surface area (Å²) in [6, 6.07) is 4.59. The highest BCUT2D eigenvalue weighted by molar-refractivity contribution is 5.97. The number of piperazine rings is 1. The zero-order valence-electron chi connectivity index (χ0n) is 18.1. The molecule has 2 amide bonds. The van der Waals surface area contributed by atoms with E-state index in [0.717, 1.165) is 18.4 Å². The number of carbonyl (C=O) groups is 2. The lowest BCUT2D eigenvalue weighted by Gasteiger charge is -2.38. The molecule has 0 bridgehead atoms. The molecule has 4 rings (SSSR count). The van der Waals surface area contributed by atoms with Crippen LogP contribution in [0.5, 0.6) is 0 Å². The molecule has 1 aliphatic carbocycles. The number of benzene rings is 1. The van der Waals surface area contributed by atoms with Gasteiger partial charge in [-0.3, -0.25) is 14.4 Å². The molecule has 1 aromatic carbocycles. The van der Waals surface area contributed by atoms with Crippen molar-refractivity contribution in [3.8, 4) is 0 Å². The van der Waals surface area contributed by atoms with Crippen molar-refractivity contribution in [2.45, 2.75) is 46.1 Å². The van der Waals surface area contributed by atoms with Crippen molar-refractivity contribution < 1.29 is 14.0 Å². The third-order valence-electron chi connectivity index (χ3n) is 6.60. The molecule has 2 fully saturated rings. The molecule has 1 unspecified atom stereocenters. The van der Waals surface area contributed by atoms with Crippen LogP contribution in [0.1, 0.15) is 52.5 Å². The molecule has 2 aromatic rings. The maximum absolute atomic E-state index is 14.5. The highest BCUT2D eigenvalue weighted by Gasteiger charge is 2.37. The van der Waals surface area contributed by atoms with Crippen molar-refractivity contribution >= 4 is 11.8 Å². The van der Waals surface area contributed by atoms with Crippen molar-refractivity contribution in [3.63, 3.8) is 0 Å². The Balaban J connectivity index is 1.51. The number of carbonyl (C=O) groups excluding carboxylic acids is 2. The van der Waals surface area contributed by atoms with Gasteiger partial charge in [0.25, 0.3) is 11.5 Å².